The van der Waals surface area contributed by atoms with E-state index < -0.39 is 23.5 Å². The minimum atomic E-state index is -1.21. The highest BCUT2D eigenvalue weighted by Crippen LogP contribution is 2.41. The first-order valence-corrected chi connectivity index (χ1v) is 14.1. The van der Waals surface area contributed by atoms with Crippen molar-refractivity contribution in [1.29, 1.82) is 0 Å². The lowest BCUT2D eigenvalue weighted by atomic mass is 9.85. The normalized spacial score (nSPS) is 12.0. The first-order chi connectivity index (χ1) is 21.3. The fourth-order valence-electron chi connectivity index (χ4n) is 5.85. The van der Waals surface area contributed by atoms with Gasteiger partial charge in [-0.3, -0.25) is 9.59 Å². The maximum Gasteiger partial charge on any atom is 0.258 e. The summed E-state index contributed by atoms with van der Waals surface area (Å²) in [6.45, 7) is 0.0979. The number of aromatic hydroxyl groups is 1. The van der Waals surface area contributed by atoms with Gasteiger partial charge < -0.3 is 24.7 Å². The Morgan fingerprint density at radius 3 is 2.41 bits per heavy atom. The molecule has 0 spiro atoms. The van der Waals surface area contributed by atoms with Gasteiger partial charge in [0.2, 0.25) is 0 Å². The standard InChI is InChI=1S/C35H29F2N3O4/c1-40-28-13-6-4-9-24(28)33(41)30(35(40)43)29(20-14-16-21(44-2)17-15-20)32-23(22-8-3-5-12-27(22)39-32)18-19-38-34(42)25-10-7-11-26(36)31(25)37/h3-17,29,39,41H,18-19H2,1-2H3,(H,38,42). The average molecular weight is 594 g/mol. The first-order valence-electron chi connectivity index (χ1n) is 14.1. The Morgan fingerprint density at radius 2 is 1.66 bits per heavy atom. The number of methoxy groups -OCH3 is 1. The van der Waals surface area contributed by atoms with Gasteiger partial charge in [-0.25, -0.2) is 8.78 Å². The van der Waals surface area contributed by atoms with Crippen LogP contribution in [0.4, 0.5) is 8.78 Å². The van der Waals surface area contributed by atoms with Gasteiger partial charge >= 0.3 is 0 Å². The van der Waals surface area contributed by atoms with E-state index in [1.165, 1.54) is 16.7 Å². The summed E-state index contributed by atoms with van der Waals surface area (Å²) in [7, 11) is 3.24. The zero-order chi connectivity index (χ0) is 31.0. The molecule has 0 fully saturated rings. The highest BCUT2D eigenvalue weighted by Gasteiger charge is 2.30. The molecule has 222 valence electrons. The minimum absolute atomic E-state index is 0.0979. The van der Waals surface area contributed by atoms with Gasteiger partial charge in [-0.1, -0.05) is 48.5 Å². The number of nitrogens with zero attached hydrogens (tertiary/aromatic N) is 1. The number of carbonyl (C=O) groups excluding carboxylic acids is 1. The van der Waals surface area contributed by atoms with E-state index in [0.29, 0.717) is 28.8 Å². The fourth-order valence-corrected chi connectivity index (χ4v) is 5.85. The molecule has 0 saturated heterocycles. The van der Waals surface area contributed by atoms with Gasteiger partial charge in [-0.2, -0.15) is 0 Å². The van der Waals surface area contributed by atoms with Crippen molar-refractivity contribution < 1.29 is 23.4 Å². The van der Waals surface area contributed by atoms with Gasteiger partial charge in [0.1, 0.15) is 11.5 Å². The van der Waals surface area contributed by atoms with Crippen LogP contribution in [0.15, 0.2) is 95.8 Å². The van der Waals surface area contributed by atoms with Crippen molar-refractivity contribution in [1.82, 2.24) is 14.9 Å². The molecule has 0 saturated carbocycles. The van der Waals surface area contributed by atoms with Crippen molar-refractivity contribution in [2.45, 2.75) is 12.3 Å². The maximum atomic E-state index is 14.3. The number of halogens is 2. The zero-order valence-electron chi connectivity index (χ0n) is 24.0. The highest BCUT2D eigenvalue weighted by atomic mass is 19.2. The second-order valence-electron chi connectivity index (χ2n) is 10.5. The van der Waals surface area contributed by atoms with Crippen molar-refractivity contribution in [3.63, 3.8) is 0 Å². The quantitative estimate of drug-likeness (QED) is 0.197. The number of hydrogen-bond acceptors (Lipinski definition) is 4. The molecule has 0 aliphatic rings. The second kappa shape index (κ2) is 11.7. The van der Waals surface area contributed by atoms with Gasteiger partial charge in [0.15, 0.2) is 11.6 Å². The molecule has 6 aromatic rings. The van der Waals surface area contributed by atoms with E-state index in [-0.39, 0.29) is 29.0 Å². The molecule has 1 amide bonds. The molecule has 0 bridgehead atoms. The van der Waals surface area contributed by atoms with Crippen LogP contribution in [0.1, 0.15) is 38.7 Å². The van der Waals surface area contributed by atoms with E-state index in [0.717, 1.165) is 28.1 Å². The monoisotopic (exact) mass is 593 g/mol. The number of hydrogen-bond donors (Lipinski definition) is 3. The molecule has 0 radical (unpaired) electrons. The Kier molecular flexibility index (Phi) is 7.61. The number of fused-ring (bicyclic) bond motifs is 2. The lowest BCUT2D eigenvalue weighted by Gasteiger charge is -2.22. The smallest absolute Gasteiger partial charge is 0.258 e. The van der Waals surface area contributed by atoms with Crippen LogP contribution in [0.25, 0.3) is 21.8 Å². The highest BCUT2D eigenvalue weighted by molar-refractivity contribution is 5.94. The Morgan fingerprint density at radius 1 is 0.955 bits per heavy atom. The molecule has 9 heteroatoms. The summed E-state index contributed by atoms with van der Waals surface area (Å²) in [5, 5.41) is 15.8. The number of amides is 1. The van der Waals surface area contributed by atoms with Crippen LogP contribution in [-0.4, -0.2) is 34.2 Å². The van der Waals surface area contributed by atoms with Gasteiger partial charge in [-0.05, 0) is 60.0 Å². The molecule has 0 aliphatic heterocycles. The van der Waals surface area contributed by atoms with E-state index in [4.69, 9.17) is 4.74 Å². The molecule has 0 aliphatic carbocycles. The van der Waals surface area contributed by atoms with Gasteiger partial charge in [0.25, 0.3) is 11.5 Å². The molecule has 7 nitrogen and oxygen atoms in total. The number of benzene rings is 4. The van der Waals surface area contributed by atoms with E-state index >= 15 is 0 Å². The Balaban J connectivity index is 1.50. The second-order valence-corrected chi connectivity index (χ2v) is 10.5. The van der Waals surface area contributed by atoms with Crippen molar-refractivity contribution in [2.75, 3.05) is 13.7 Å². The molecule has 6 rings (SSSR count). The van der Waals surface area contributed by atoms with Crippen molar-refractivity contribution in [3.8, 4) is 11.5 Å². The number of H-pyrrole nitrogens is 1. The molecule has 2 aromatic heterocycles. The number of aryl methyl sites for hydroxylation is 1. The van der Waals surface area contributed by atoms with Crippen LogP contribution >= 0.6 is 0 Å². The molecule has 4 aromatic carbocycles. The molecular weight excluding hydrogens is 564 g/mol. The Bertz CT molecular complexity index is 2080. The maximum absolute atomic E-state index is 14.3. The summed E-state index contributed by atoms with van der Waals surface area (Å²) >= 11 is 0. The number of carbonyl (C=O) groups is 1. The first kappa shape index (κ1) is 28.7. The molecule has 1 unspecified atom stereocenters. The molecule has 3 N–H and O–H groups in total. The average Bonchev–Trinajstić information content (AvgIpc) is 3.41. The number of aromatic amines is 1. The van der Waals surface area contributed by atoms with Gasteiger partial charge in [0, 0.05) is 35.6 Å². The summed E-state index contributed by atoms with van der Waals surface area (Å²) in [5.74, 6) is -3.27. The molecule has 1 atom stereocenters. The van der Waals surface area contributed by atoms with E-state index in [9.17, 15) is 23.5 Å². The third kappa shape index (κ3) is 4.96. The van der Waals surface area contributed by atoms with Crippen LogP contribution in [0.5, 0.6) is 11.5 Å². The largest absolute Gasteiger partial charge is 0.507 e. The van der Waals surface area contributed by atoms with Crippen molar-refractivity contribution >= 4 is 27.7 Å². The Hall–Kier alpha value is -5.44. The molecular formula is C35H29F2N3O4. The SMILES string of the molecule is COc1ccc(C(c2[nH]c3ccccc3c2CCNC(=O)c2cccc(F)c2F)c2c(O)c3ccccc3n(C)c2=O)cc1. The summed E-state index contributed by atoms with van der Waals surface area (Å²) in [6.07, 6.45) is 0.295. The summed E-state index contributed by atoms with van der Waals surface area (Å²) in [6, 6.07) is 25.5. The van der Waals surface area contributed by atoms with Crippen LogP contribution in [0.2, 0.25) is 0 Å². The predicted octanol–water partition coefficient (Wildman–Crippen LogP) is 6.16. The number of nitrogens with one attached hydrogen (secondary N) is 2. The lowest BCUT2D eigenvalue weighted by Crippen LogP contribution is -2.28. The summed E-state index contributed by atoms with van der Waals surface area (Å²) < 4.78 is 34.9. The zero-order valence-corrected chi connectivity index (χ0v) is 24.0. The van der Waals surface area contributed by atoms with Crippen LogP contribution in [-0.2, 0) is 13.5 Å². The number of rotatable bonds is 8. The van der Waals surface area contributed by atoms with E-state index in [1.54, 1.807) is 44.5 Å². The third-order valence-electron chi connectivity index (χ3n) is 8.04. The number of ether oxygens (including phenoxy) is 1. The molecule has 2 heterocycles. The number of aromatic nitrogens is 2. The van der Waals surface area contributed by atoms with Crippen LogP contribution in [0.3, 0.4) is 0 Å². The minimum Gasteiger partial charge on any atom is -0.507 e. The number of pyridine rings is 1. The van der Waals surface area contributed by atoms with Gasteiger partial charge in [-0.15, -0.1) is 0 Å². The number of para-hydroxylation sites is 2. The van der Waals surface area contributed by atoms with E-state index in [2.05, 4.69) is 10.3 Å². The van der Waals surface area contributed by atoms with Crippen LogP contribution in [0, 0.1) is 11.6 Å². The predicted molar refractivity (Wildman–Crippen MR) is 165 cm³/mol. The molecule has 44 heavy (non-hydrogen) atoms. The van der Waals surface area contributed by atoms with Gasteiger partial charge in [0.05, 0.1) is 29.7 Å². The van der Waals surface area contributed by atoms with E-state index in [1.807, 2.05) is 42.5 Å². The van der Waals surface area contributed by atoms with Crippen molar-refractivity contribution in [3.05, 3.63) is 141 Å². The summed E-state index contributed by atoms with van der Waals surface area (Å²) in [4.78, 5) is 30.3. The topological polar surface area (TPSA) is 96.3 Å². The Labute approximate surface area is 251 Å². The third-order valence-corrected chi connectivity index (χ3v) is 8.04. The summed E-state index contributed by atoms with van der Waals surface area (Å²) in [5.41, 5.74) is 3.03. The fraction of sp³-hybridized carbons (Fsp3) is 0.143. The van der Waals surface area contributed by atoms with Crippen molar-refractivity contribution in [2.24, 2.45) is 7.05 Å². The lowest BCUT2D eigenvalue weighted by molar-refractivity contribution is 0.0949. The van der Waals surface area contributed by atoms with Crippen LogP contribution < -0.4 is 15.6 Å².